The summed E-state index contributed by atoms with van der Waals surface area (Å²) in [5, 5.41) is 45.5. The number of fused-ring (bicyclic) bond motifs is 2. The lowest BCUT2D eigenvalue weighted by Gasteiger charge is -2.18. The van der Waals surface area contributed by atoms with E-state index in [0.29, 0.717) is 0 Å². The minimum atomic E-state index is 1.25. The van der Waals surface area contributed by atoms with Crippen molar-refractivity contribution in [2.75, 3.05) is 0 Å². The van der Waals surface area contributed by atoms with E-state index in [1.807, 2.05) is 0 Å². The molecule has 141 heavy (non-hydrogen) atoms. The number of hydrogen-bond acceptors (Lipinski definition) is 0. The molecule has 0 N–H and O–H groups in total. The largest absolute Gasteiger partial charge is 0.0622 e. The van der Waals surface area contributed by atoms with E-state index in [1.165, 1.54) is 300 Å². The van der Waals surface area contributed by atoms with Crippen LogP contribution in [0.1, 0.15) is 27.8 Å². The molecule has 0 heteroatoms. The van der Waals surface area contributed by atoms with Crippen molar-refractivity contribution in [1.82, 2.24) is 0 Å². The van der Waals surface area contributed by atoms with E-state index in [2.05, 4.69) is 526 Å². The highest BCUT2D eigenvalue weighted by Crippen LogP contribution is 2.50. The Labute approximate surface area is 819 Å². The molecule has 0 heterocycles. The first-order valence-corrected chi connectivity index (χ1v) is 49.3. The molecule has 30 aromatic rings. The molecule has 660 valence electrons. The number of hydrogen-bond donors (Lipinski definition) is 0. The van der Waals surface area contributed by atoms with Crippen LogP contribution in [0.5, 0.6) is 0 Å². The molecule has 30 rings (SSSR count). The van der Waals surface area contributed by atoms with Crippen LogP contribution in [0.2, 0.25) is 0 Å². The Hall–Kier alpha value is -17.7. The van der Waals surface area contributed by atoms with E-state index in [0.717, 1.165) is 0 Å². The fourth-order valence-corrected chi connectivity index (χ4v) is 23.2. The average Bonchev–Trinajstić information content (AvgIpc) is 0.718. The first-order chi connectivity index (χ1) is 69.5. The summed E-state index contributed by atoms with van der Waals surface area (Å²) in [6.07, 6.45) is 0. The summed E-state index contributed by atoms with van der Waals surface area (Å²) < 4.78 is 0. The molecule has 0 saturated carbocycles. The van der Waals surface area contributed by atoms with Gasteiger partial charge in [-0.1, -0.05) is 484 Å². The van der Waals surface area contributed by atoms with Crippen molar-refractivity contribution in [2.24, 2.45) is 0 Å². The normalized spacial score (nSPS) is 11.7. The van der Waals surface area contributed by atoms with Gasteiger partial charge in [0.2, 0.25) is 0 Å². The lowest BCUT2D eigenvalue weighted by atomic mass is 9.85. The summed E-state index contributed by atoms with van der Waals surface area (Å²) in [5.74, 6) is 0. The molecule has 0 bridgehead atoms. The molecular weight excluding hydrogens is 1690 g/mol. The van der Waals surface area contributed by atoms with Crippen molar-refractivity contribution in [3.63, 3.8) is 0 Å². The van der Waals surface area contributed by atoms with Gasteiger partial charge in [-0.05, 0) is 342 Å². The molecule has 0 spiro atoms. The van der Waals surface area contributed by atoms with Crippen LogP contribution in [-0.4, -0.2) is 0 Å². The van der Waals surface area contributed by atoms with Gasteiger partial charge in [0.1, 0.15) is 0 Å². The van der Waals surface area contributed by atoms with Crippen molar-refractivity contribution in [3.8, 4) is 89.0 Å². The molecule has 0 nitrogen and oxygen atoms in total. The smallest absolute Gasteiger partial charge is 0.00142 e. The van der Waals surface area contributed by atoms with E-state index in [-0.39, 0.29) is 0 Å². The van der Waals surface area contributed by atoms with Crippen LogP contribution in [0.4, 0.5) is 0 Å². The molecule has 0 atom stereocenters. The Balaban J connectivity index is 0.0000000912. The summed E-state index contributed by atoms with van der Waals surface area (Å²) in [5.41, 5.74) is 27.1. The number of benzene rings is 30. The summed E-state index contributed by atoms with van der Waals surface area (Å²) in [6.45, 7) is 10.9. The molecule has 0 unspecified atom stereocenters. The standard InChI is InChI=1S/2C33H22.C29H20.2C23H16/c1-21-9-10-25-17-20-31-30(19-16-26-15-18-27(21)32(25)33(26)31)24-13-11-23(12-14-24)29-8-4-6-22-5-2-3-7-28(22)29;1-21-9-10-23-15-18-31-30(17-14-24-13-16-29(21)32(23)33(24)31)28-8-4-7-26(20-28)27-12-11-22-5-2-3-6-25(22)19-27;1-19-12-13-22-14-15-24-26(20-8-4-2-5-9-20)18-27(21-10-6-3-7-11-21)25-17-16-23(19)28(22)29(24)25;1-15-4-2-7-19(14-15)20-12-10-18-9-8-16-5-3-6-17-11-13-21(20)23(18)22(16)17;1-15-5-7-16(8-6-15)20-13-11-19-10-9-17-3-2-4-18-12-14-21(20)23(19)22(17)18/h2*2-20H,1H3;2-18H,1H3;2*2-14H,1H3. The molecule has 0 aliphatic carbocycles. The van der Waals surface area contributed by atoms with E-state index in [4.69, 9.17) is 0 Å². The van der Waals surface area contributed by atoms with Crippen LogP contribution in [0.15, 0.2) is 491 Å². The van der Waals surface area contributed by atoms with E-state index in [9.17, 15) is 0 Å². The second kappa shape index (κ2) is 34.5. The van der Waals surface area contributed by atoms with Crippen LogP contribution in [0.25, 0.3) is 272 Å². The quantitative estimate of drug-likeness (QED) is 0.133. The molecule has 0 saturated heterocycles. The highest BCUT2D eigenvalue weighted by atomic mass is 14.3. The van der Waals surface area contributed by atoms with Gasteiger partial charge in [-0.15, -0.1) is 0 Å². The predicted molar refractivity (Wildman–Crippen MR) is 613 cm³/mol. The lowest BCUT2D eigenvalue weighted by Crippen LogP contribution is -1.91. The molecule has 0 amide bonds. The van der Waals surface area contributed by atoms with Crippen LogP contribution >= 0.6 is 0 Å². The first-order valence-electron chi connectivity index (χ1n) is 49.3. The molecule has 30 aromatic carbocycles. The first kappa shape index (κ1) is 83.9. The third-order valence-corrected chi connectivity index (χ3v) is 30.2. The van der Waals surface area contributed by atoms with Crippen molar-refractivity contribution in [3.05, 3.63) is 519 Å². The van der Waals surface area contributed by atoms with Crippen LogP contribution in [0, 0.1) is 34.6 Å². The summed E-state index contributed by atoms with van der Waals surface area (Å²) in [4.78, 5) is 0. The maximum Gasteiger partial charge on any atom is -0.00142 e. The lowest BCUT2D eigenvalue weighted by molar-refractivity contribution is 1.47. The average molecular weight is 1790 g/mol. The number of rotatable bonds is 8. The van der Waals surface area contributed by atoms with Crippen LogP contribution in [-0.2, 0) is 0 Å². The van der Waals surface area contributed by atoms with Gasteiger partial charge in [-0.25, -0.2) is 0 Å². The van der Waals surface area contributed by atoms with Gasteiger partial charge >= 0.3 is 0 Å². The Morgan fingerprint density at radius 1 is 0.0993 bits per heavy atom. The topological polar surface area (TPSA) is 0 Å². The maximum absolute atomic E-state index is 2.37. The summed E-state index contributed by atoms with van der Waals surface area (Å²) in [7, 11) is 0. The van der Waals surface area contributed by atoms with Gasteiger partial charge in [-0.2, -0.15) is 0 Å². The highest BCUT2D eigenvalue weighted by Gasteiger charge is 2.22. The SMILES string of the molecule is Cc1ccc(-c2ccc3ccc4cccc5ccc2c3c45)cc1.Cc1ccc2ccc3c(-c4ccc(-c5cccc6ccccc56)cc4)ccc4ccc1c2c43.Cc1ccc2ccc3c(-c4cccc(-c5ccc6ccccc6c5)c4)ccc4ccc1c2c43.Cc1ccc2ccc3c(-c4ccccc4)cc(-c4ccccc4)c4ccc1c2c34.Cc1cccc(-c2ccc3ccc4cccc5ccc2c3c45)c1. The van der Waals surface area contributed by atoms with Crippen molar-refractivity contribution >= 4 is 183 Å². The molecule has 0 fully saturated rings. The third kappa shape index (κ3) is 14.6. The summed E-state index contributed by atoms with van der Waals surface area (Å²) >= 11 is 0. The zero-order chi connectivity index (χ0) is 94.0. The minimum absolute atomic E-state index is 1.25. The maximum atomic E-state index is 2.37. The molecule has 0 radical (unpaired) electrons. The summed E-state index contributed by atoms with van der Waals surface area (Å²) in [6, 6.07) is 180. The van der Waals surface area contributed by atoms with E-state index < -0.39 is 0 Å². The number of aryl methyl sites for hydroxylation is 5. The fraction of sp³-hybridized carbons (Fsp3) is 0.0355. The van der Waals surface area contributed by atoms with Gasteiger partial charge in [0.25, 0.3) is 0 Å². The molecular formula is C141H96. The minimum Gasteiger partial charge on any atom is -0.0622 e. The van der Waals surface area contributed by atoms with E-state index in [1.54, 1.807) is 0 Å². The van der Waals surface area contributed by atoms with Crippen molar-refractivity contribution in [2.45, 2.75) is 34.6 Å². The van der Waals surface area contributed by atoms with Crippen molar-refractivity contribution < 1.29 is 0 Å². The Morgan fingerprint density at radius 2 is 0.355 bits per heavy atom. The Morgan fingerprint density at radius 3 is 0.816 bits per heavy atom. The van der Waals surface area contributed by atoms with Crippen LogP contribution in [0.3, 0.4) is 0 Å². The Kier molecular flexibility index (Phi) is 20.5. The van der Waals surface area contributed by atoms with Gasteiger partial charge < -0.3 is 0 Å². The molecule has 0 aromatic heterocycles. The fourth-order valence-electron chi connectivity index (χ4n) is 23.2. The van der Waals surface area contributed by atoms with E-state index >= 15 is 0 Å². The Bertz CT molecular complexity index is 9980. The van der Waals surface area contributed by atoms with Gasteiger partial charge in [0.15, 0.2) is 0 Å². The third-order valence-electron chi connectivity index (χ3n) is 30.2. The van der Waals surface area contributed by atoms with Gasteiger partial charge in [-0.3, -0.25) is 0 Å². The second-order valence-corrected chi connectivity index (χ2v) is 38.6. The van der Waals surface area contributed by atoms with Crippen molar-refractivity contribution in [1.29, 1.82) is 0 Å². The second-order valence-electron chi connectivity index (χ2n) is 38.6. The van der Waals surface area contributed by atoms with Gasteiger partial charge in [0, 0.05) is 0 Å². The predicted octanol–water partition coefficient (Wildman–Crippen LogP) is 40.1. The monoisotopic (exact) mass is 1790 g/mol. The molecule has 0 aliphatic rings. The van der Waals surface area contributed by atoms with Gasteiger partial charge in [0.05, 0.1) is 0 Å². The molecule has 0 aliphatic heterocycles. The zero-order valence-corrected chi connectivity index (χ0v) is 79.3. The zero-order valence-electron chi connectivity index (χ0n) is 79.3. The van der Waals surface area contributed by atoms with Crippen LogP contribution < -0.4 is 0 Å². The highest BCUT2D eigenvalue weighted by molar-refractivity contribution is 6.32.